The third-order valence-corrected chi connectivity index (χ3v) is 4.57. The summed E-state index contributed by atoms with van der Waals surface area (Å²) in [5.74, 6) is 0.553. The Hall–Kier alpha value is -2.37. The highest BCUT2D eigenvalue weighted by atomic mass is 35.5. The molecule has 0 saturated carbocycles. The molecule has 6 heteroatoms. The van der Waals surface area contributed by atoms with Gasteiger partial charge in [-0.2, -0.15) is 0 Å². The lowest BCUT2D eigenvalue weighted by molar-refractivity contribution is 0.103. The van der Waals surface area contributed by atoms with E-state index < -0.39 is 0 Å². The molecule has 2 heterocycles. The number of carbonyl (C=O) groups excluding carboxylic acids is 1. The average Bonchev–Trinajstić information content (AvgIpc) is 3.08. The first-order valence-corrected chi connectivity index (χ1v) is 8.22. The fraction of sp³-hybridized carbons (Fsp3) is 0.0588. The lowest BCUT2D eigenvalue weighted by Gasteiger charge is -2.10. The molecule has 23 heavy (non-hydrogen) atoms. The Bertz CT molecular complexity index is 816. The van der Waals surface area contributed by atoms with Gasteiger partial charge in [0.15, 0.2) is 0 Å². The van der Waals surface area contributed by atoms with Gasteiger partial charge in [-0.25, -0.2) is 4.98 Å². The molecule has 0 spiro atoms. The molecule has 0 saturated heterocycles. The van der Waals surface area contributed by atoms with Crippen LogP contribution < -0.4 is 10.6 Å². The minimum absolute atomic E-state index is 0.131. The number of thiophene rings is 1. The van der Waals surface area contributed by atoms with E-state index in [1.54, 1.807) is 18.3 Å². The Morgan fingerprint density at radius 3 is 2.74 bits per heavy atom. The second-order valence-corrected chi connectivity index (χ2v) is 6.26. The first-order chi connectivity index (χ1) is 11.1. The van der Waals surface area contributed by atoms with Crippen LogP contribution in [0.5, 0.6) is 0 Å². The third-order valence-electron chi connectivity index (χ3n) is 3.30. The highest BCUT2D eigenvalue weighted by Crippen LogP contribution is 2.25. The van der Waals surface area contributed by atoms with Gasteiger partial charge < -0.3 is 10.6 Å². The number of rotatable bonds is 4. The van der Waals surface area contributed by atoms with Gasteiger partial charge in [0.1, 0.15) is 5.82 Å². The molecule has 1 aromatic carbocycles. The Morgan fingerprint density at radius 1 is 1.17 bits per heavy atom. The number of benzene rings is 1. The zero-order valence-corrected chi connectivity index (χ0v) is 13.9. The van der Waals surface area contributed by atoms with Gasteiger partial charge in [0.05, 0.1) is 16.8 Å². The van der Waals surface area contributed by atoms with Crippen LogP contribution in [0.25, 0.3) is 0 Å². The van der Waals surface area contributed by atoms with Gasteiger partial charge in [0, 0.05) is 10.7 Å². The maximum atomic E-state index is 12.0. The summed E-state index contributed by atoms with van der Waals surface area (Å²) in [6.45, 7) is 1.94. The van der Waals surface area contributed by atoms with Crippen LogP contribution in [0.4, 0.5) is 17.2 Å². The summed E-state index contributed by atoms with van der Waals surface area (Å²) in [4.78, 5) is 17.0. The van der Waals surface area contributed by atoms with E-state index in [-0.39, 0.29) is 5.91 Å². The van der Waals surface area contributed by atoms with Crippen molar-refractivity contribution in [1.29, 1.82) is 0 Å². The topological polar surface area (TPSA) is 54.0 Å². The van der Waals surface area contributed by atoms with Crippen molar-refractivity contribution in [3.05, 3.63) is 69.5 Å². The van der Waals surface area contributed by atoms with Gasteiger partial charge >= 0.3 is 0 Å². The summed E-state index contributed by atoms with van der Waals surface area (Å²) in [5.41, 5.74) is 2.52. The van der Waals surface area contributed by atoms with Gasteiger partial charge in [-0.15, -0.1) is 11.3 Å². The van der Waals surface area contributed by atoms with E-state index in [9.17, 15) is 4.79 Å². The molecule has 0 aliphatic heterocycles. The van der Waals surface area contributed by atoms with Crippen molar-refractivity contribution in [2.75, 3.05) is 10.6 Å². The van der Waals surface area contributed by atoms with Crippen LogP contribution in [0.15, 0.2) is 54.0 Å². The first kappa shape index (κ1) is 15.5. The summed E-state index contributed by atoms with van der Waals surface area (Å²) in [6, 6.07) is 12.9. The highest BCUT2D eigenvalue weighted by Gasteiger charge is 2.07. The molecule has 2 aromatic heterocycles. The van der Waals surface area contributed by atoms with Gasteiger partial charge in [-0.3, -0.25) is 4.79 Å². The number of hydrogen-bond acceptors (Lipinski definition) is 4. The lowest BCUT2D eigenvalue weighted by Crippen LogP contribution is -2.10. The molecule has 0 atom stereocenters. The second kappa shape index (κ2) is 6.81. The van der Waals surface area contributed by atoms with Crippen LogP contribution in [-0.2, 0) is 0 Å². The molecule has 0 bridgehead atoms. The number of carbonyl (C=O) groups is 1. The van der Waals surface area contributed by atoms with E-state index in [2.05, 4.69) is 15.6 Å². The average molecular weight is 344 g/mol. The largest absolute Gasteiger partial charge is 0.340 e. The van der Waals surface area contributed by atoms with Crippen molar-refractivity contribution in [1.82, 2.24) is 4.98 Å². The minimum Gasteiger partial charge on any atom is -0.340 e. The normalized spacial score (nSPS) is 10.3. The molecule has 0 fully saturated rings. The van der Waals surface area contributed by atoms with Crippen LogP contribution in [-0.4, -0.2) is 10.9 Å². The standard InChI is InChI=1S/C17H14ClN3OS/c1-11-13(18)4-2-5-14(11)21-16-8-7-12(10-19-16)20-17(22)15-6-3-9-23-15/h2-10H,1H3,(H,19,21)(H,20,22). The van der Waals surface area contributed by atoms with E-state index in [1.165, 1.54) is 11.3 Å². The second-order valence-electron chi connectivity index (χ2n) is 4.90. The molecular formula is C17H14ClN3OS. The molecule has 116 valence electrons. The van der Waals surface area contributed by atoms with Gasteiger partial charge in [-0.1, -0.05) is 23.7 Å². The van der Waals surface area contributed by atoms with Crippen molar-refractivity contribution < 1.29 is 4.79 Å². The highest BCUT2D eigenvalue weighted by molar-refractivity contribution is 7.12. The summed E-state index contributed by atoms with van der Waals surface area (Å²) in [5, 5.41) is 8.60. The van der Waals surface area contributed by atoms with E-state index in [0.29, 0.717) is 21.4 Å². The summed E-state index contributed by atoms with van der Waals surface area (Å²) in [7, 11) is 0. The Balaban J connectivity index is 1.70. The molecule has 3 rings (SSSR count). The summed E-state index contributed by atoms with van der Waals surface area (Å²) in [6.07, 6.45) is 1.62. The smallest absolute Gasteiger partial charge is 0.265 e. The van der Waals surface area contributed by atoms with Gasteiger partial charge in [-0.05, 0) is 48.2 Å². The van der Waals surface area contributed by atoms with Crippen LogP contribution >= 0.6 is 22.9 Å². The number of pyridine rings is 1. The molecule has 3 aromatic rings. The van der Waals surface area contributed by atoms with E-state index in [4.69, 9.17) is 11.6 Å². The molecule has 0 radical (unpaired) electrons. The fourth-order valence-electron chi connectivity index (χ4n) is 2.02. The maximum absolute atomic E-state index is 12.0. The van der Waals surface area contributed by atoms with Crippen molar-refractivity contribution in [3.8, 4) is 0 Å². The number of nitrogens with zero attached hydrogens (tertiary/aromatic N) is 1. The predicted octanol–water partition coefficient (Wildman–Crippen LogP) is 5.10. The summed E-state index contributed by atoms with van der Waals surface area (Å²) < 4.78 is 0. The molecule has 2 N–H and O–H groups in total. The van der Waals surface area contributed by atoms with Crippen molar-refractivity contribution in [2.45, 2.75) is 6.92 Å². The number of aromatic nitrogens is 1. The molecule has 4 nitrogen and oxygen atoms in total. The quantitative estimate of drug-likeness (QED) is 0.692. The van der Waals surface area contributed by atoms with E-state index in [1.807, 2.05) is 42.6 Å². The lowest BCUT2D eigenvalue weighted by atomic mass is 10.2. The molecule has 0 unspecified atom stereocenters. The number of nitrogens with one attached hydrogen (secondary N) is 2. The number of amides is 1. The predicted molar refractivity (Wildman–Crippen MR) is 96.0 cm³/mol. The van der Waals surface area contributed by atoms with Crippen LogP contribution in [0.1, 0.15) is 15.2 Å². The summed E-state index contributed by atoms with van der Waals surface area (Å²) >= 11 is 7.51. The van der Waals surface area contributed by atoms with Gasteiger partial charge in [0.2, 0.25) is 0 Å². The monoisotopic (exact) mass is 343 g/mol. The molecule has 0 aliphatic carbocycles. The minimum atomic E-state index is -0.131. The Kier molecular flexibility index (Phi) is 4.60. The van der Waals surface area contributed by atoms with Crippen LogP contribution in [0.2, 0.25) is 5.02 Å². The number of hydrogen-bond donors (Lipinski definition) is 2. The molecular weight excluding hydrogens is 330 g/mol. The van der Waals surface area contributed by atoms with Crippen LogP contribution in [0, 0.1) is 6.92 Å². The van der Waals surface area contributed by atoms with Crippen molar-refractivity contribution >= 4 is 46.0 Å². The van der Waals surface area contributed by atoms with Crippen LogP contribution in [0.3, 0.4) is 0 Å². The van der Waals surface area contributed by atoms with Crippen molar-refractivity contribution in [3.63, 3.8) is 0 Å². The fourth-order valence-corrected chi connectivity index (χ4v) is 2.82. The maximum Gasteiger partial charge on any atom is 0.265 e. The third kappa shape index (κ3) is 3.70. The van der Waals surface area contributed by atoms with E-state index in [0.717, 1.165) is 11.3 Å². The molecule has 0 aliphatic rings. The van der Waals surface area contributed by atoms with E-state index >= 15 is 0 Å². The zero-order chi connectivity index (χ0) is 16.2. The number of anilines is 3. The number of halogens is 1. The Labute approximate surface area is 143 Å². The SMILES string of the molecule is Cc1c(Cl)cccc1Nc1ccc(NC(=O)c2cccs2)cn1. The van der Waals surface area contributed by atoms with Crippen molar-refractivity contribution in [2.24, 2.45) is 0 Å². The Morgan fingerprint density at radius 2 is 2.04 bits per heavy atom. The first-order valence-electron chi connectivity index (χ1n) is 6.96. The molecule has 1 amide bonds. The zero-order valence-electron chi connectivity index (χ0n) is 12.3. The van der Waals surface area contributed by atoms with Gasteiger partial charge in [0.25, 0.3) is 5.91 Å².